The number of benzene rings is 4. The second-order valence-corrected chi connectivity index (χ2v) is 27.2. The number of hydrogen-bond acceptors (Lipinski definition) is 16. The van der Waals surface area contributed by atoms with Crippen LogP contribution in [0.4, 0.5) is 0 Å². The molecule has 0 saturated carbocycles. The normalized spacial score (nSPS) is 21.9. The van der Waals surface area contributed by atoms with Gasteiger partial charge in [0.25, 0.3) is 0 Å². The van der Waals surface area contributed by atoms with Crippen LogP contribution >= 0.6 is 23.5 Å². The molecular formula is C72H91N15O13S2. The second-order valence-electron chi connectivity index (χ2n) is 25.0. The summed E-state index contributed by atoms with van der Waals surface area (Å²) in [6, 6.07) is 16.7. The first-order chi connectivity index (χ1) is 49.1. The average Bonchev–Trinajstić information content (AvgIpc) is 1.53. The number of para-hydroxylation sites is 2. The SMILES string of the molecule is CC.CN1CC(=O)N[C@@H](Cc2c[nH]c3ccccc23)C(=O)N[C@@H](Cc2c[nH]c3ccccc23)C(=O)N(C)[C@@H](CC(=O)O)C(=O)N[C@@H](Cc2cnc[nH]2)C(=O)N[C@@H](Cc2ccc(O)cc2)C(=O)N2CCC[C@H]2C(=O)N[C@H](C(N)=O)CSCc2cccc(c2)CSCCC(=O)N[C@@H](CCCCN)C1=O. The summed E-state index contributed by atoms with van der Waals surface area (Å²) in [7, 11) is 2.57. The number of primary amides is 1. The summed E-state index contributed by atoms with van der Waals surface area (Å²) >= 11 is 2.85. The number of carboxylic acid groups (broad SMARTS) is 1. The van der Waals surface area contributed by atoms with Crippen molar-refractivity contribution in [1.82, 2.24) is 66.5 Å². The number of carbonyl (C=O) groups excluding carboxylic acids is 10. The molecule has 30 heteroatoms. The van der Waals surface area contributed by atoms with Gasteiger partial charge in [0.2, 0.25) is 59.1 Å². The Hall–Kier alpha value is -10.2. The van der Waals surface area contributed by atoms with E-state index < -0.39 is 126 Å². The smallest absolute Gasteiger partial charge is 0.305 e. The lowest BCUT2D eigenvalue weighted by atomic mass is 10.00. The summed E-state index contributed by atoms with van der Waals surface area (Å²) in [6.07, 6.45) is 5.93. The maximum atomic E-state index is 15.5. The molecule has 1 fully saturated rings. The number of thioether (sulfide) groups is 2. The number of carboxylic acids is 1. The van der Waals surface area contributed by atoms with Crippen molar-refractivity contribution in [3.8, 4) is 5.75 Å². The van der Waals surface area contributed by atoms with Gasteiger partial charge in [-0.1, -0.05) is 86.6 Å². The number of phenolic OH excluding ortho intramolecular Hbond substituents is 1. The van der Waals surface area contributed by atoms with Crippen LogP contribution in [0.3, 0.4) is 0 Å². The fourth-order valence-electron chi connectivity index (χ4n) is 12.4. The molecule has 0 aliphatic carbocycles. The van der Waals surface area contributed by atoms with E-state index in [4.69, 9.17) is 11.5 Å². The topological polar surface area (TPSA) is 422 Å². The molecule has 5 heterocycles. The third-order valence-electron chi connectivity index (χ3n) is 17.7. The zero-order chi connectivity index (χ0) is 73.4. The maximum absolute atomic E-state index is 15.5. The van der Waals surface area contributed by atoms with Gasteiger partial charge in [-0.3, -0.25) is 52.7 Å². The number of phenols is 1. The van der Waals surface area contributed by atoms with Gasteiger partial charge in [0, 0.05) is 122 Å². The number of imidazole rings is 1. The molecule has 1 saturated heterocycles. The molecule has 15 N–H and O–H groups in total. The van der Waals surface area contributed by atoms with E-state index in [-0.39, 0.29) is 63.0 Å². The fraction of sp³-hybridized carbons (Fsp3) is 0.417. The lowest BCUT2D eigenvalue weighted by molar-refractivity contribution is -0.147. The van der Waals surface area contributed by atoms with Gasteiger partial charge in [0.15, 0.2) is 0 Å². The van der Waals surface area contributed by atoms with E-state index >= 15 is 24.0 Å². The molecule has 28 nitrogen and oxygen atoms in total. The molecule has 7 aromatic rings. The highest BCUT2D eigenvalue weighted by Crippen LogP contribution is 2.26. The van der Waals surface area contributed by atoms with Gasteiger partial charge >= 0.3 is 5.97 Å². The Kier molecular flexibility index (Phi) is 28.9. The highest BCUT2D eigenvalue weighted by molar-refractivity contribution is 7.98. The van der Waals surface area contributed by atoms with E-state index in [1.54, 1.807) is 42.7 Å². The van der Waals surface area contributed by atoms with Crippen LogP contribution in [0, 0.1) is 0 Å². The van der Waals surface area contributed by atoms with Crippen LogP contribution in [0.5, 0.6) is 5.75 Å². The van der Waals surface area contributed by atoms with Crippen molar-refractivity contribution in [2.24, 2.45) is 11.5 Å². The molecule has 544 valence electrons. The third kappa shape index (κ3) is 21.7. The molecule has 0 unspecified atom stereocenters. The molecule has 102 heavy (non-hydrogen) atoms. The first kappa shape index (κ1) is 77.5. The zero-order valence-electron chi connectivity index (χ0n) is 57.5. The molecule has 3 aromatic heterocycles. The Labute approximate surface area is 599 Å². The van der Waals surface area contributed by atoms with Gasteiger partial charge in [-0.25, -0.2) is 4.98 Å². The van der Waals surface area contributed by atoms with Crippen molar-refractivity contribution in [3.63, 3.8) is 0 Å². The highest BCUT2D eigenvalue weighted by atomic mass is 32.2. The number of carbonyl (C=O) groups is 11. The van der Waals surface area contributed by atoms with Crippen LogP contribution in [0.25, 0.3) is 21.8 Å². The molecule has 8 atom stereocenters. The summed E-state index contributed by atoms with van der Waals surface area (Å²) in [5.41, 5.74) is 16.9. The number of nitrogens with one attached hydrogen (secondary N) is 9. The number of aromatic nitrogens is 4. The lowest BCUT2D eigenvalue weighted by Gasteiger charge is -2.32. The predicted molar refractivity (Wildman–Crippen MR) is 388 cm³/mol. The molecule has 9 rings (SSSR count). The summed E-state index contributed by atoms with van der Waals surface area (Å²) in [6.45, 7) is 3.83. The molecule has 2 aliphatic rings. The van der Waals surface area contributed by atoms with Crippen molar-refractivity contribution in [2.45, 2.75) is 144 Å². The standard InChI is InChI=1S/C70H85N15O13S2.C2H6/c1-83-36-61(88)78-53(29-44-33-74-50-15-5-3-13-48(44)50)64(92)81-56(30-45-34-75-51-16-6-4-14-49(45)51)69(97)84(2)59(32-62(89)90)67(95)79-54(31-46-35-73-40-76-46)65(93)80-55(28-41-19-21-47(86)22-20-41)70(98)85-25-10-18-58(85)66(94)82-57(63(72)91)39-100-38-43-12-9-11-42(27-43)37-99-26-23-60(87)77-52(68(83)96)17-7-8-24-71;1-2/h3-6,9,11-16,19-22,27,33-35,40,52-59,74-75,86H,7-8,10,17-18,23-26,28-32,36-39,71H2,1-2H3,(H2,72,91)(H,73,76)(H,77,87)(H,78,88)(H,79,95)(H,80,93)(H,81,92)(H,82,94)(H,89,90);1-2H3/t52-,53-,54-,55-,56-,57-,58-,59-;/m0./s1. The number of nitrogens with two attached hydrogens (primary N) is 2. The van der Waals surface area contributed by atoms with E-state index in [0.717, 1.165) is 26.4 Å². The van der Waals surface area contributed by atoms with E-state index in [0.29, 0.717) is 81.7 Å². The van der Waals surface area contributed by atoms with Gasteiger partial charge in [0.1, 0.15) is 54.1 Å². The van der Waals surface area contributed by atoms with Crippen molar-refractivity contribution >= 4 is 110 Å². The number of rotatable bonds is 15. The number of H-pyrrole nitrogens is 3. The number of hydrogen-bond donors (Lipinski definition) is 13. The Bertz CT molecular complexity index is 4050. The first-order valence-corrected chi connectivity index (χ1v) is 36.4. The Morgan fingerprint density at radius 1 is 0.627 bits per heavy atom. The number of amides is 10. The number of aromatic amines is 3. The van der Waals surface area contributed by atoms with Crippen LogP contribution in [0.15, 0.2) is 122 Å². The van der Waals surface area contributed by atoms with Gasteiger partial charge in [-0.15, -0.1) is 0 Å². The number of likely N-dealkylation sites (N-methyl/N-ethyl adjacent to an activating group) is 2. The van der Waals surface area contributed by atoms with Gasteiger partial charge in [0.05, 0.1) is 19.3 Å². The van der Waals surface area contributed by atoms with E-state index in [9.17, 15) is 39.0 Å². The summed E-state index contributed by atoms with van der Waals surface area (Å²) < 4.78 is 0. The summed E-state index contributed by atoms with van der Waals surface area (Å²) in [5.74, 6) is -8.04. The average molecular weight is 1440 g/mol. The number of aliphatic carboxylic acids is 1. The maximum Gasteiger partial charge on any atom is 0.305 e. The van der Waals surface area contributed by atoms with E-state index in [2.05, 4.69) is 51.8 Å². The monoisotopic (exact) mass is 1440 g/mol. The molecule has 10 amide bonds. The Morgan fingerprint density at radius 3 is 1.84 bits per heavy atom. The number of nitrogens with zero attached hydrogens (tertiary/aromatic N) is 4. The molecule has 0 radical (unpaired) electrons. The van der Waals surface area contributed by atoms with E-state index in [1.165, 1.54) is 79.3 Å². The van der Waals surface area contributed by atoms with Crippen molar-refractivity contribution in [3.05, 3.63) is 155 Å². The lowest BCUT2D eigenvalue weighted by Crippen LogP contribution is -2.61. The molecule has 0 spiro atoms. The molecular weight excluding hydrogens is 1350 g/mol. The van der Waals surface area contributed by atoms with Gasteiger partial charge < -0.3 is 83.2 Å². The quantitative estimate of drug-likeness (QED) is 0.0655. The number of fused-ring (bicyclic) bond motifs is 5. The van der Waals surface area contributed by atoms with Crippen LogP contribution in [-0.2, 0) is 89.9 Å². The first-order valence-electron chi connectivity index (χ1n) is 34.0. The van der Waals surface area contributed by atoms with Gasteiger partial charge in [-0.2, -0.15) is 23.5 Å². The number of aromatic hydroxyl groups is 1. The van der Waals surface area contributed by atoms with Crippen LogP contribution in [0.1, 0.15) is 92.3 Å². The minimum absolute atomic E-state index is 0.0554. The highest BCUT2D eigenvalue weighted by Gasteiger charge is 2.42. The largest absolute Gasteiger partial charge is 0.508 e. The molecule has 2 aliphatic heterocycles. The van der Waals surface area contributed by atoms with Crippen molar-refractivity contribution in [1.29, 1.82) is 0 Å². The minimum Gasteiger partial charge on any atom is -0.508 e. The minimum atomic E-state index is -1.89. The second kappa shape index (κ2) is 38.0. The summed E-state index contributed by atoms with van der Waals surface area (Å²) in [4.78, 5) is 175. The zero-order valence-corrected chi connectivity index (χ0v) is 59.2. The fourth-order valence-corrected chi connectivity index (χ4v) is 14.3. The van der Waals surface area contributed by atoms with Gasteiger partial charge in [-0.05, 0) is 90.7 Å². The van der Waals surface area contributed by atoms with Crippen molar-refractivity contribution in [2.75, 3.05) is 45.2 Å². The molecule has 2 bridgehead atoms. The molecule has 4 aromatic carbocycles. The van der Waals surface area contributed by atoms with Crippen LogP contribution in [0.2, 0.25) is 0 Å². The summed E-state index contributed by atoms with van der Waals surface area (Å²) in [5, 5.41) is 38.7. The third-order valence-corrected chi connectivity index (χ3v) is 19.8. The Morgan fingerprint density at radius 2 is 1.23 bits per heavy atom. The number of unbranched alkanes of at least 4 members (excludes halogenated alkanes) is 1. The Balaban J connectivity index is 0.00000654. The van der Waals surface area contributed by atoms with E-state index in [1.807, 2.05) is 56.3 Å². The van der Waals surface area contributed by atoms with Crippen LogP contribution < -0.4 is 43.4 Å². The van der Waals surface area contributed by atoms with Crippen LogP contribution in [-0.4, -0.2) is 203 Å². The predicted octanol–water partition coefficient (Wildman–Crippen LogP) is 3.22. The van der Waals surface area contributed by atoms with Crippen molar-refractivity contribution < 1.29 is 63.0 Å².